The number of aromatic nitrogens is 2. The molecule has 0 aliphatic carbocycles. The van der Waals surface area contributed by atoms with Gasteiger partial charge in [-0.2, -0.15) is 0 Å². The molecule has 0 unspecified atom stereocenters. The Morgan fingerprint density at radius 1 is 1.19 bits per heavy atom. The molecule has 0 aliphatic heterocycles. The fraction of sp³-hybridized carbons (Fsp3) is 0.474. The smallest absolute Gasteiger partial charge is 0.229 e. The fourth-order valence-electron chi connectivity index (χ4n) is 2.45. The molecule has 26 heavy (non-hydrogen) atoms. The second kappa shape index (κ2) is 10.4. The number of Topliss-reactive ketones (excluding diaryl/α,β-unsaturated/α-hetero) is 1. The summed E-state index contributed by atoms with van der Waals surface area (Å²) in [6.07, 6.45) is 3.84. The topological polar surface area (TPSA) is 72.0 Å². The predicted octanol–water partition coefficient (Wildman–Crippen LogP) is 4.98. The van der Waals surface area contributed by atoms with Crippen molar-refractivity contribution in [3.05, 3.63) is 35.4 Å². The van der Waals surface area contributed by atoms with Gasteiger partial charge in [-0.3, -0.25) is 9.59 Å². The van der Waals surface area contributed by atoms with Gasteiger partial charge in [0.25, 0.3) is 0 Å². The highest BCUT2D eigenvalue weighted by Gasteiger charge is 2.18. The quantitative estimate of drug-likeness (QED) is 0.351. The van der Waals surface area contributed by atoms with Crippen LogP contribution in [0.25, 0.3) is 0 Å². The summed E-state index contributed by atoms with van der Waals surface area (Å²) in [5.74, 6) is 0.378. The van der Waals surface area contributed by atoms with E-state index >= 15 is 0 Å². The Labute approximate surface area is 163 Å². The summed E-state index contributed by atoms with van der Waals surface area (Å²) < 4.78 is 0.683. The molecule has 1 N–H and O–H groups in total. The molecule has 0 radical (unpaired) electrons. The summed E-state index contributed by atoms with van der Waals surface area (Å²) in [5, 5.41) is 11.4. The first-order valence-corrected chi connectivity index (χ1v) is 10.7. The molecule has 1 aromatic carbocycles. The molecule has 5 nitrogen and oxygen atoms in total. The number of hydrogen-bond acceptors (Lipinski definition) is 6. The Bertz CT molecular complexity index is 729. The zero-order valence-corrected chi connectivity index (χ0v) is 17.1. The molecule has 140 valence electrons. The molecule has 0 saturated heterocycles. The van der Waals surface area contributed by atoms with Crippen molar-refractivity contribution in [2.45, 2.75) is 50.8 Å². The van der Waals surface area contributed by atoms with E-state index < -0.39 is 0 Å². The van der Waals surface area contributed by atoms with Crippen molar-refractivity contribution < 1.29 is 9.59 Å². The number of carbonyl (C=O) groups excluding carboxylic acids is 2. The lowest BCUT2D eigenvalue weighted by atomic mass is 9.99. The molecular formula is C19H25N3O2S2. The lowest BCUT2D eigenvalue weighted by Crippen LogP contribution is -2.22. The molecule has 2 aromatic rings. The molecule has 1 aromatic heterocycles. The van der Waals surface area contributed by atoms with Crippen LogP contribution in [0.5, 0.6) is 0 Å². The van der Waals surface area contributed by atoms with Crippen LogP contribution in [0.15, 0.2) is 28.6 Å². The Hall–Kier alpha value is -1.73. The van der Waals surface area contributed by atoms with Crippen LogP contribution in [0.2, 0.25) is 0 Å². The number of hydrogen-bond donors (Lipinski definition) is 1. The maximum Gasteiger partial charge on any atom is 0.229 e. The van der Waals surface area contributed by atoms with Crippen molar-refractivity contribution in [2.24, 2.45) is 5.92 Å². The van der Waals surface area contributed by atoms with Crippen molar-refractivity contribution in [3.63, 3.8) is 0 Å². The molecule has 0 saturated carbocycles. The minimum atomic E-state index is 0.00406. The number of rotatable bonds is 10. The molecular weight excluding hydrogens is 366 g/mol. The number of nitrogens with one attached hydrogen (secondary N) is 1. The lowest BCUT2D eigenvalue weighted by Gasteiger charge is -2.12. The van der Waals surface area contributed by atoms with Gasteiger partial charge in [-0.1, -0.05) is 79.6 Å². The van der Waals surface area contributed by atoms with E-state index in [-0.39, 0.29) is 17.6 Å². The Morgan fingerprint density at radius 2 is 1.92 bits per heavy atom. The minimum Gasteiger partial charge on any atom is -0.300 e. The van der Waals surface area contributed by atoms with Crippen LogP contribution in [0, 0.1) is 12.8 Å². The van der Waals surface area contributed by atoms with Gasteiger partial charge in [0.1, 0.15) is 0 Å². The summed E-state index contributed by atoms with van der Waals surface area (Å²) in [4.78, 5) is 24.5. The minimum absolute atomic E-state index is 0.00406. The lowest BCUT2D eigenvalue weighted by molar-refractivity contribution is -0.120. The van der Waals surface area contributed by atoms with Crippen molar-refractivity contribution in [1.82, 2.24) is 10.2 Å². The van der Waals surface area contributed by atoms with Crippen LogP contribution >= 0.6 is 23.1 Å². The number of nitrogens with zero attached hydrogens (tertiary/aromatic N) is 2. The Morgan fingerprint density at radius 3 is 2.58 bits per heavy atom. The number of unbranched alkanes of at least 4 members (excludes halogenated alkanes) is 1. The average Bonchev–Trinajstić information content (AvgIpc) is 3.08. The maximum absolute atomic E-state index is 12.3. The van der Waals surface area contributed by atoms with Gasteiger partial charge in [-0.15, -0.1) is 10.2 Å². The van der Waals surface area contributed by atoms with Gasteiger partial charge in [0.05, 0.1) is 5.75 Å². The van der Waals surface area contributed by atoms with Gasteiger partial charge in [-0.05, 0) is 19.8 Å². The summed E-state index contributed by atoms with van der Waals surface area (Å²) in [5.41, 5.74) is 1.82. The van der Waals surface area contributed by atoms with Crippen LogP contribution in [-0.2, 0) is 4.79 Å². The van der Waals surface area contributed by atoms with Crippen LogP contribution in [0.3, 0.4) is 0 Å². The van der Waals surface area contributed by atoms with Gasteiger partial charge >= 0.3 is 0 Å². The van der Waals surface area contributed by atoms with Crippen LogP contribution in [-0.4, -0.2) is 27.6 Å². The molecule has 2 rings (SSSR count). The van der Waals surface area contributed by atoms with E-state index in [9.17, 15) is 9.59 Å². The van der Waals surface area contributed by atoms with E-state index in [0.29, 0.717) is 20.8 Å². The predicted molar refractivity (Wildman–Crippen MR) is 108 cm³/mol. The highest BCUT2D eigenvalue weighted by atomic mass is 32.2. The largest absolute Gasteiger partial charge is 0.300 e. The fourth-order valence-corrected chi connectivity index (χ4v) is 4.10. The van der Waals surface area contributed by atoms with E-state index in [0.717, 1.165) is 31.2 Å². The molecule has 0 fully saturated rings. The van der Waals surface area contributed by atoms with Gasteiger partial charge in [0.2, 0.25) is 11.0 Å². The normalized spacial score (nSPS) is 12.0. The molecule has 1 amide bonds. The van der Waals surface area contributed by atoms with E-state index in [1.54, 1.807) is 0 Å². The number of amides is 1. The van der Waals surface area contributed by atoms with Crippen molar-refractivity contribution in [1.29, 1.82) is 0 Å². The highest BCUT2D eigenvalue weighted by molar-refractivity contribution is 8.01. The van der Waals surface area contributed by atoms with E-state index in [2.05, 4.69) is 22.4 Å². The summed E-state index contributed by atoms with van der Waals surface area (Å²) in [6, 6.07) is 7.54. The number of aryl methyl sites for hydroxylation is 1. The number of ketones is 1. The van der Waals surface area contributed by atoms with Crippen molar-refractivity contribution in [2.75, 3.05) is 11.1 Å². The van der Waals surface area contributed by atoms with E-state index in [1.165, 1.54) is 23.1 Å². The van der Waals surface area contributed by atoms with E-state index in [4.69, 9.17) is 0 Å². The molecule has 0 bridgehead atoms. The van der Waals surface area contributed by atoms with Gasteiger partial charge in [-0.25, -0.2) is 0 Å². The number of thioether (sulfide) groups is 1. The van der Waals surface area contributed by atoms with Crippen LogP contribution in [0.1, 0.15) is 55.5 Å². The summed E-state index contributed by atoms with van der Waals surface area (Å²) in [6.45, 7) is 6.14. The first kappa shape index (κ1) is 20.6. The number of benzene rings is 1. The second-order valence-corrected chi connectivity index (χ2v) is 8.39. The second-order valence-electron chi connectivity index (χ2n) is 6.19. The van der Waals surface area contributed by atoms with Crippen LogP contribution < -0.4 is 5.32 Å². The third-order valence-electron chi connectivity index (χ3n) is 4.11. The first-order valence-electron chi connectivity index (χ1n) is 8.90. The highest BCUT2D eigenvalue weighted by Crippen LogP contribution is 2.27. The van der Waals surface area contributed by atoms with Crippen molar-refractivity contribution in [3.8, 4) is 0 Å². The number of anilines is 1. The first-order chi connectivity index (χ1) is 12.5. The van der Waals surface area contributed by atoms with Gasteiger partial charge < -0.3 is 5.32 Å². The standard InChI is InChI=1S/C19H25N3O2S2/c1-4-6-7-14(5-2)17(24)20-18-21-22-19(26-18)25-12-16(23)15-10-8-13(3)9-11-15/h8-11,14H,4-7,12H2,1-3H3,(H,20,21,24)/t14-/m1/s1. The zero-order chi connectivity index (χ0) is 18.9. The van der Waals surface area contributed by atoms with Crippen molar-refractivity contribution >= 4 is 39.9 Å². The molecule has 0 aliphatic rings. The maximum atomic E-state index is 12.3. The average molecular weight is 392 g/mol. The number of carbonyl (C=O) groups is 2. The molecule has 1 atom stereocenters. The zero-order valence-electron chi connectivity index (χ0n) is 15.4. The summed E-state index contributed by atoms with van der Waals surface area (Å²) in [7, 11) is 0. The molecule has 0 spiro atoms. The van der Waals surface area contributed by atoms with Gasteiger partial charge in [0.15, 0.2) is 10.1 Å². The van der Waals surface area contributed by atoms with Gasteiger partial charge in [0, 0.05) is 11.5 Å². The Kier molecular flexibility index (Phi) is 8.25. The third kappa shape index (κ3) is 6.21. The third-order valence-corrected chi connectivity index (χ3v) is 6.08. The summed E-state index contributed by atoms with van der Waals surface area (Å²) >= 11 is 2.66. The molecule has 1 heterocycles. The Balaban J connectivity index is 1.86. The SMILES string of the molecule is CCCC[C@@H](CC)C(=O)Nc1nnc(SCC(=O)c2ccc(C)cc2)s1. The van der Waals surface area contributed by atoms with Crippen LogP contribution in [0.4, 0.5) is 5.13 Å². The molecule has 7 heteroatoms. The van der Waals surface area contributed by atoms with E-state index in [1.807, 2.05) is 38.1 Å². The monoisotopic (exact) mass is 391 g/mol.